The van der Waals surface area contributed by atoms with Gasteiger partial charge in [-0.2, -0.15) is 0 Å². The van der Waals surface area contributed by atoms with Crippen molar-refractivity contribution < 1.29 is 5.11 Å². The van der Waals surface area contributed by atoms with E-state index in [0.29, 0.717) is 20.8 Å². The van der Waals surface area contributed by atoms with Crippen molar-refractivity contribution in [1.82, 2.24) is 0 Å². The molecular weight excluding hydrogens is 550 g/mol. The summed E-state index contributed by atoms with van der Waals surface area (Å²) in [5.41, 5.74) is 2.66. The van der Waals surface area contributed by atoms with Crippen molar-refractivity contribution >= 4 is 58.0 Å². The van der Waals surface area contributed by atoms with E-state index in [0.717, 1.165) is 17.3 Å². The standard InChI is InChI=1S/C33H34Cl3OP/c1-32(2,3)29-19-22(20-30(31(29)37)33(4,5)6)21-38(26-13-7-23(34)8-14-26,27-15-9-24(35)10-16-27)28-17-11-25(36)12-18-28/h7-20H,21H2,1-6H3/p+1. The second-order valence-electron chi connectivity index (χ2n) is 11.9. The van der Waals surface area contributed by atoms with Crippen LogP contribution in [0.4, 0.5) is 0 Å². The van der Waals surface area contributed by atoms with Crippen LogP contribution >= 0.6 is 42.1 Å². The summed E-state index contributed by atoms with van der Waals surface area (Å²) < 4.78 is 0. The van der Waals surface area contributed by atoms with Gasteiger partial charge in [-0.1, -0.05) is 76.3 Å². The minimum atomic E-state index is -2.25. The molecule has 0 unspecified atom stereocenters. The highest BCUT2D eigenvalue weighted by Crippen LogP contribution is 2.59. The molecule has 1 N–H and O–H groups in total. The highest BCUT2D eigenvalue weighted by atomic mass is 35.5. The number of rotatable bonds is 5. The number of benzene rings is 4. The third kappa shape index (κ3) is 5.93. The van der Waals surface area contributed by atoms with Crippen molar-refractivity contribution in [1.29, 1.82) is 0 Å². The van der Waals surface area contributed by atoms with Crippen LogP contribution in [0.25, 0.3) is 0 Å². The van der Waals surface area contributed by atoms with Gasteiger partial charge in [0.05, 0.1) is 6.16 Å². The summed E-state index contributed by atoms with van der Waals surface area (Å²) in [7, 11) is -2.25. The van der Waals surface area contributed by atoms with E-state index in [1.165, 1.54) is 21.5 Å². The Hall–Kier alpha value is -2.02. The fraction of sp³-hybridized carbons (Fsp3) is 0.273. The van der Waals surface area contributed by atoms with Gasteiger partial charge in [0.1, 0.15) is 28.9 Å². The van der Waals surface area contributed by atoms with Gasteiger partial charge in [-0.25, -0.2) is 0 Å². The molecule has 4 aromatic carbocycles. The van der Waals surface area contributed by atoms with Crippen LogP contribution in [0.3, 0.4) is 0 Å². The summed E-state index contributed by atoms with van der Waals surface area (Å²) in [5.74, 6) is 0.391. The Balaban J connectivity index is 2.08. The minimum absolute atomic E-state index is 0.220. The first-order valence-electron chi connectivity index (χ1n) is 12.7. The van der Waals surface area contributed by atoms with Gasteiger partial charge in [0.25, 0.3) is 0 Å². The molecule has 38 heavy (non-hydrogen) atoms. The van der Waals surface area contributed by atoms with Crippen LogP contribution in [0.2, 0.25) is 15.1 Å². The van der Waals surface area contributed by atoms with Crippen LogP contribution in [-0.4, -0.2) is 5.11 Å². The van der Waals surface area contributed by atoms with E-state index in [9.17, 15) is 5.11 Å². The van der Waals surface area contributed by atoms with E-state index >= 15 is 0 Å². The van der Waals surface area contributed by atoms with Gasteiger partial charge in [-0.15, -0.1) is 0 Å². The molecule has 0 heterocycles. The predicted molar refractivity (Wildman–Crippen MR) is 169 cm³/mol. The van der Waals surface area contributed by atoms with Crippen molar-refractivity contribution in [2.24, 2.45) is 0 Å². The Labute approximate surface area is 243 Å². The predicted octanol–water partition coefficient (Wildman–Crippen LogP) is 9.44. The first-order valence-corrected chi connectivity index (χ1v) is 15.9. The minimum Gasteiger partial charge on any atom is -0.507 e. The number of phenols is 1. The normalized spacial score (nSPS) is 12.6. The summed E-state index contributed by atoms with van der Waals surface area (Å²) in [6, 6.07) is 29.1. The molecule has 4 aromatic rings. The van der Waals surface area contributed by atoms with Gasteiger partial charge in [0, 0.05) is 15.1 Å². The third-order valence-corrected chi connectivity index (χ3v) is 12.1. The molecular formula is C33H35Cl3OP+. The first kappa shape index (κ1) is 29.0. The van der Waals surface area contributed by atoms with E-state index in [2.05, 4.69) is 90.1 Å². The lowest BCUT2D eigenvalue weighted by Crippen LogP contribution is -2.32. The number of hydrogen-bond acceptors (Lipinski definition) is 1. The number of halogens is 3. The van der Waals surface area contributed by atoms with Crippen molar-refractivity contribution in [3.05, 3.63) is 117 Å². The molecule has 0 atom stereocenters. The smallest absolute Gasteiger partial charge is 0.123 e. The van der Waals surface area contributed by atoms with Crippen molar-refractivity contribution in [3.63, 3.8) is 0 Å². The lowest BCUT2D eigenvalue weighted by molar-refractivity contribution is 0.423. The zero-order valence-corrected chi connectivity index (χ0v) is 26.0. The Kier molecular flexibility index (Phi) is 8.28. The van der Waals surface area contributed by atoms with Crippen LogP contribution in [0.1, 0.15) is 58.2 Å². The number of phenolic OH excluding ortho intramolecular Hbond substituents is 1. The van der Waals surface area contributed by atoms with E-state index in [-0.39, 0.29) is 10.8 Å². The maximum Gasteiger partial charge on any atom is 0.123 e. The third-order valence-electron chi connectivity index (χ3n) is 7.01. The molecule has 5 heteroatoms. The average molecular weight is 585 g/mol. The highest BCUT2D eigenvalue weighted by Gasteiger charge is 2.46. The largest absolute Gasteiger partial charge is 0.507 e. The van der Waals surface area contributed by atoms with Gasteiger partial charge >= 0.3 is 0 Å². The average Bonchev–Trinajstić information content (AvgIpc) is 2.84. The monoisotopic (exact) mass is 583 g/mol. The fourth-order valence-corrected chi connectivity index (χ4v) is 9.54. The molecule has 0 saturated carbocycles. The topological polar surface area (TPSA) is 20.2 Å². The van der Waals surface area contributed by atoms with E-state index in [1.807, 2.05) is 36.4 Å². The first-order chi connectivity index (χ1) is 17.7. The molecule has 0 fully saturated rings. The lowest BCUT2D eigenvalue weighted by Gasteiger charge is -2.31. The summed E-state index contributed by atoms with van der Waals surface area (Å²) >= 11 is 19.1. The lowest BCUT2D eigenvalue weighted by atomic mass is 9.78. The fourth-order valence-electron chi connectivity index (χ4n) is 5.01. The molecule has 0 aromatic heterocycles. The van der Waals surface area contributed by atoms with E-state index < -0.39 is 7.26 Å². The Morgan fingerprint density at radius 2 is 0.842 bits per heavy atom. The zero-order valence-electron chi connectivity index (χ0n) is 22.8. The number of aromatic hydroxyl groups is 1. The van der Waals surface area contributed by atoms with Crippen LogP contribution in [0, 0.1) is 0 Å². The van der Waals surface area contributed by atoms with Gasteiger partial charge in [0.15, 0.2) is 0 Å². The quantitative estimate of drug-likeness (QED) is 0.232. The van der Waals surface area contributed by atoms with Crippen LogP contribution in [-0.2, 0) is 17.0 Å². The maximum absolute atomic E-state index is 11.4. The molecule has 0 amide bonds. The molecule has 0 aliphatic heterocycles. The van der Waals surface area contributed by atoms with Crippen LogP contribution < -0.4 is 15.9 Å². The molecule has 4 rings (SSSR count). The summed E-state index contributed by atoms with van der Waals surface area (Å²) in [5, 5.41) is 17.1. The zero-order chi connectivity index (χ0) is 27.9. The summed E-state index contributed by atoms with van der Waals surface area (Å²) in [4.78, 5) is 0. The Bertz CT molecular complexity index is 1270. The van der Waals surface area contributed by atoms with E-state index in [1.54, 1.807) is 0 Å². The summed E-state index contributed by atoms with van der Waals surface area (Å²) in [6.45, 7) is 12.9. The Morgan fingerprint density at radius 3 is 1.11 bits per heavy atom. The second kappa shape index (κ2) is 10.9. The van der Waals surface area contributed by atoms with Crippen LogP contribution in [0.5, 0.6) is 5.75 Å². The molecule has 0 spiro atoms. The van der Waals surface area contributed by atoms with Crippen molar-refractivity contribution in [2.75, 3.05) is 0 Å². The molecule has 0 aliphatic rings. The van der Waals surface area contributed by atoms with Crippen molar-refractivity contribution in [2.45, 2.75) is 58.5 Å². The van der Waals surface area contributed by atoms with Gasteiger partial charge in [-0.05, 0) is 112 Å². The van der Waals surface area contributed by atoms with Gasteiger partial charge in [0.2, 0.25) is 0 Å². The van der Waals surface area contributed by atoms with Gasteiger partial charge in [-0.3, -0.25) is 0 Å². The molecule has 1 nitrogen and oxygen atoms in total. The Morgan fingerprint density at radius 1 is 0.553 bits per heavy atom. The molecule has 0 aliphatic carbocycles. The number of hydrogen-bond donors (Lipinski definition) is 1. The van der Waals surface area contributed by atoms with Crippen LogP contribution in [0.15, 0.2) is 84.9 Å². The highest BCUT2D eigenvalue weighted by molar-refractivity contribution is 7.95. The molecule has 0 bridgehead atoms. The summed E-state index contributed by atoms with van der Waals surface area (Å²) in [6.07, 6.45) is 0.768. The van der Waals surface area contributed by atoms with Gasteiger partial charge < -0.3 is 5.11 Å². The van der Waals surface area contributed by atoms with Crippen molar-refractivity contribution in [3.8, 4) is 5.75 Å². The molecule has 0 saturated heterocycles. The SMILES string of the molecule is CC(C)(C)c1cc(C[P+](c2ccc(Cl)cc2)(c2ccc(Cl)cc2)c2ccc(Cl)cc2)cc(C(C)(C)C)c1O. The second-order valence-corrected chi connectivity index (χ2v) is 16.7. The maximum atomic E-state index is 11.4. The van der Waals surface area contributed by atoms with E-state index in [4.69, 9.17) is 34.8 Å². The molecule has 0 radical (unpaired) electrons. The molecule has 198 valence electrons.